The lowest BCUT2D eigenvalue weighted by molar-refractivity contribution is 0.0779. The van der Waals surface area contributed by atoms with Crippen LogP contribution in [0.1, 0.15) is 16.4 Å². The van der Waals surface area contributed by atoms with Crippen LogP contribution in [0.15, 0.2) is 25.3 Å². The van der Waals surface area contributed by atoms with Gasteiger partial charge in [-0.3, -0.25) is 9.89 Å². The topological polar surface area (TPSA) is 61.9 Å². The molecule has 80 valence electrons. The van der Waals surface area contributed by atoms with Gasteiger partial charge in [0.2, 0.25) is 5.82 Å². The molecule has 0 bridgehead atoms. The van der Waals surface area contributed by atoms with Gasteiger partial charge in [-0.2, -0.15) is 0 Å². The summed E-state index contributed by atoms with van der Waals surface area (Å²) in [6.07, 6.45) is 3.31. The Morgan fingerprint density at radius 3 is 2.47 bits per heavy atom. The number of amides is 1. The number of carbonyl (C=O) groups excluding carboxylic acids is 1. The lowest BCUT2D eigenvalue weighted by atomic mass is 10.4. The highest BCUT2D eigenvalue weighted by Gasteiger charge is 2.17. The van der Waals surface area contributed by atoms with Crippen molar-refractivity contribution in [1.29, 1.82) is 0 Å². The van der Waals surface area contributed by atoms with Gasteiger partial charge in [-0.15, -0.1) is 18.3 Å². The van der Waals surface area contributed by atoms with Crippen LogP contribution in [0.5, 0.6) is 0 Å². The highest BCUT2D eigenvalue weighted by Crippen LogP contribution is 1.99. The van der Waals surface area contributed by atoms with Gasteiger partial charge < -0.3 is 4.90 Å². The van der Waals surface area contributed by atoms with Gasteiger partial charge >= 0.3 is 0 Å². The summed E-state index contributed by atoms with van der Waals surface area (Å²) in [7, 11) is 0. The molecule has 1 N–H and O–H groups in total. The molecule has 0 radical (unpaired) electrons. The van der Waals surface area contributed by atoms with E-state index in [2.05, 4.69) is 28.3 Å². The van der Waals surface area contributed by atoms with Crippen LogP contribution in [0.3, 0.4) is 0 Å². The first kappa shape index (κ1) is 11.2. The van der Waals surface area contributed by atoms with Crippen LogP contribution >= 0.6 is 0 Å². The van der Waals surface area contributed by atoms with Crippen molar-refractivity contribution in [3.63, 3.8) is 0 Å². The summed E-state index contributed by atoms with van der Waals surface area (Å²) in [5.74, 6) is 0.575. The Morgan fingerprint density at radius 2 is 2.07 bits per heavy atom. The van der Waals surface area contributed by atoms with Gasteiger partial charge in [0, 0.05) is 13.1 Å². The summed E-state index contributed by atoms with van der Waals surface area (Å²) < 4.78 is 0. The first-order chi connectivity index (χ1) is 7.19. The van der Waals surface area contributed by atoms with E-state index in [9.17, 15) is 4.79 Å². The fourth-order valence-corrected chi connectivity index (χ4v) is 1.13. The van der Waals surface area contributed by atoms with E-state index >= 15 is 0 Å². The Hall–Kier alpha value is -1.91. The fourth-order valence-electron chi connectivity index (χ4n) is 1.13. The molecular weight excluding hydrogens is 192 g/mol. The molecule has 0 fully saturated rings. The molecule has 15 heavy (non-hydrogen) atoms. The quantitative estimate of drug-likeness (QED) is 0.729. The van der Waals surface area contributed by atoms with E-state index in [1.165, 1.54) is 0 Å². The van der Waals surface area contributed by atoms with Crippen LogP contribution in [-0.2, 0) is 0 Å². The van der Waals surface area contributed by atoms with Crippen molar-refractivity contribution < 1.29 is 4.79 Å². The molecule has 5 heteroatoms. The SMILES string of the molecule is C=CCN(CC=C)C(=O)c1n[nH]c(C)n1. The number of carbonyl (C=O) groups is 1. The second-order valence-corrected chi connectivity index (χ2v) is 3.03. The number of rotatable bonds is 5. The maximum atomic E-state index is 11.8. The molecule has 1 rings (SSSR count). The van der Waals surface area contributed by atoms with E-state index in [0.717, 1.165) is 0 Å². The van der Waals surface area contributed by atoms with E-state index in [1.54, 1.807) is 24.0 Å². The van der Waals surface area contributed by atoms with Crippen LogP contribution in [-0.4, -0.2) is 39.1 Å². The van der Waals surface area contributed by atoms with Gasteiger partial charge in [-0.1, -0.05) is 12.2 Å². The summed E-state index contributed by atoms with van der Waals surface area (Å²) in [4.78, 5) is 17.4. The first-order valence-electron chi connectivity index (χ1n) is 4.59. The summed E-state index contributed by atoms with van der Waals surface area (Å²) in [6, 6.07) is 0. The molecule has 0 saturated carbocycles. The van der Waals surface area contributed by atoms with E-state index < -0.39 is 0 Å². The molecule has 0 atom stereocenters. The van der Waals surface area contributed by atoms with Crippen molar-refractivity contribution >= 4 is 5.91 Å². The third-order valence-corrected chi connectivity index (χ3v) is 1.77. The van der Waals surface area contributed by atoms with E-state index in [0.29, 0.717) is 18.9 Å². The number of aromatic nitrogens is 3. The summed E-state index contributed by atoms with van der Waals surface area (Å²) in [5, 5.41) is 6.43. The van der Waals surface area contributed by atoms with Crippen molar-refractivity contribution in [2.75, 3.05) is 13.1 Å². The van der Waals surface area contributed by atoms with Gasteiger partial charge in [0.25, 0.3) is 5.91 Å². The lowest BCUT2D eigenvalue weighted by Crippen LogP contribution is -2.32. The summed E-state index contributed by atoms with van der Waals surface area (Å²) in [6.45, 7) is 9.83. The highest BCUT2D eigenvalue weighted by molar-refractivity contribution is 5.90. The molecule has 0 aromatic carbocycles. The average Bonchev–Trinajstić information content (AvgIpc) is 2.63. The zero-order valence-corrected chi connectivity index (χ0v) is 8.73. The van der Waals surface area contributed by atoms with E-state index in [1.807, 2.05) is 0 Å². The average molecular weight is 206 g/mol. The Morgan fingerprint density at radius 1 is 1.47 bits per heavy atom. The fraction of sp³-hybridized carbons (Fsp3) is 0.300. The predicted molar refractivity (Wildman–Crippen MR) is 57.4 cm³/mol. The number of nitrogens with one attached hydrogen (secondary N) is 1. The van der Waals surface area contributed by atoms with Crippen molar-refractivity contribution in [2.45, 2.75) is 6.92 Å². The Labute approximate surface area is 88.5 Å². The van der Waals surface area contributed by atoms with Gasteiger partial charge in [-0.25, -0.2) is 4.98 Å². The molecule has 0 unspecified atom stereocenters. The van der Waals surface area contributed by atoms with E-state index in [-0.39, 0.29) is 11.7 Å². The number of aromatic amines is 1. The molecule has 5 nitrogen and oxygen atoms in total. The standard InChI is InChI=1S/C10H14N4O/c1-4-6-14(7-5-2)10(15)9-11-8(3)12-13-9/h4-5H,1-2,6-7H2,3H3,(H,11,12,13). The lowest BCUT2D eigenvalue weighted by Gasteiger charge is -2.16. The second-order valence-electron chi connectivity index (χ2n) is 3.03. The third-order valence-electron chi connectivity index (χ3n) is 1.77. The number of nitrogens with zero attached hydrogens (tertiary/aromatic N) is 3. The smallest absolute Gasteiger partial charge is 0.294 e. The number of aryl methyl sites for hydroxylation is 1. The van der Waals surface area contributed by atoms with Crippen molar-refractivity contribution in [3.8, 4) is 0 Å². The molecule has 1 aromatic heterocycles. The summed E-state index contributed by atoms with van der Waals surface area (Å²) in [5.41, 5.74) is 0. The van der Waals surface area contributed by atoms with Crippen LogP contribution in [0.25, 0.3) is 0 Å². The highest BCUT2D eigenvalue weighted by atomic mass is 16.2. The molecule has 0 aliphatic rings. The molecule has 1 heterocycles. The summed E-state index contributed by atoms with van der Waals surface area (Å²) >= 11 is 0. The zero-order valence-electron chi connectivity index (χ0n) is 8.73. The molecule has 0 aliphatic carbocycles. The predicted octanol–water partition coefficient (Wildman–Crippen LogP) is 0.927. The van der Waals surface area contributed by atoms with Gasteiger partial charge in [0.1, 0.15) is 5.82 Å². The molecule has 0 aliphatic heterocycles. The number of hydrogen-bond acceptors (Lipinski definition) is 3. The van der Waals surface area contributed by atoms with Crippen LogP contribution in [0.2, 0.25) is 0 Å². The van der Waals surface area contributed by atoms with Gasteiger partial charge in [-0.05, 0) is 6.92 Å². The van der Waals surface area contributed by atoms with Crippen molar-refractivity contribution in [2.24, 2.45) is 0 Å². The van der Waals surface area contributed by atoms with Gasteiger partial charge in [0.05, 0.1) is 0 Å². The Kier molecular flexibility index (Phi) is 3.79. The molecule has 1 aromatic rings. The third kappa shape index (κ3) is 2.77. The van der Waals surface area contributed by atoms with Crippen molar-refractivity contribution in [3.05, 3.63) is 37.0 Å². The maximum absolute atomic E-state index is 11.8. The minimum Gasteiger partial charge on any atom is -0.328 e. The monoisotopic (exact) mass is 206 g/mol. The minimum absolute atomic E-state index is 0.177. The van der Waals surface area contributed by atoms with E-state index in [4.69, 9.17) is 0 Å². The zero-order chi connectivity index (χ0) is 11.3. The first-order valence-corrected chi connectivity index (χ1v) is 4.59. The largest absolute Gasteiger partial charge is 0.328 e. The molecule has 1 amide bonds. The number of H-pyrrole nitrogens is 1. The van der Waals surface area contributed by atoms with Crippen LogP contribution in [0.4, 0.5) is 0 Å². The van der Waals surface area contributed by atoms with Crippen LogP contribution in [0, 0.1) is 6.92 Å². The van der Waals surface area contributed by atoms with Crippen molar-refractivity contribution in [1.82, 2.24) is 20.1 Å². The number of hydrogen-bond donors (Lipinski definition) is 1. The van der Waals surface area contributed by atoms with Gasteiger partial charge in [0.15, 0.2) is 0 Å². The molecular formula is C10H14N4O. The Bertz CT molecular complexity index is 359. The second kappa shape index (κ2) is 5.09. The maximum Gasteiger partial charge on any atom is 0.294 e. The molecule has 0 spiro atoms. The minimum atomic E-state index is -0.223. The molecule has 0 saturated heterocycles. The van der Waals surface area contributed by atoms with Crippen LogP contribution < -0.4 is 0 Å². The normalized spacial score (nSPS) is 9.67. The Balaban J connectivity index is 2.79.